The summed E-state index contributed by atoms with van der Waals surface area (Å²) in [6.45, 7) is 1.96. The lowest BCUT2D eigenvalue weighted by Crippen LogP contribution is -2.02. The quantitative estimate of drug-likeness (QED) is 0.760. The van der Waals surface area contributed by atoms with Gasteiger partial charge in [0.2, 0.25) is 0 Å². The zero-order valence-corrected chi connectivity index (χ0v) is 10.6. The molecular weight excluding hydrogens is 236 g/mol. The summed E-state index contributed by atoms with van der Waals surface area (Å²) < 4.78 is 0. The van der Waals surface area contributed by atoms with Gasteiger partial charge in [0.15, 0.2) is 0 Å². The van der Waals surface area contributed by atoms with Crippen LogP contribution in [0, 0.1) is 6.92 Å². The van der Waals surface area contributed by atoms with Crippen molar-refractivity contribution in [1.29, 1.82) is 0 Å². The molecule has 3 rings (SSSR count). The first-order chi connectivity index (χ1) is 9.25. The highest BCUT2D eigenvalue weighted by Gasteiger charge is 2.14. The van der Waals surface area contributed by atoms with Crippen LogP contribution in [0.5, 0.6) is 0 Å². The minimum Gasteiger partial charge on any atom is -0.384 e. The Morgan fingerprint density at radius 1 is 1.11 bits per heavy atom. The average Bonchev–Trinajstić information content (AvgIpc) is 2.46. The fourth-order valence-electron chi connectivity index (χ4n) is 2.26. The van der Waals surface area contributed by atoms with Crippen molar-refractivity contribution in [2.75, 3.05) is 0 Å². The van der Waals surface area contributed by atoms with Crippen molar-refractivity contribution in [2.24, 2.45) is 0 Å². The van der Waals surface area contributed by atoms with E-state index < -0.39 is 6.10 Å². The SMILES string of the molecule is Cc1cncc(C(O)c2cccc3cccnc23)c1. The highest BCUT2D eigenvalue weighted by atomic mass is 16.3. The van der Waals surface area contributed by atoms with Crippen LogP contribution < -0.4 is 0 Å². The van der Waals surface area contributed by atoms with Gasteiger partial charge in [-0.05, 0) is 18.6 Å². The first-order valence-corrected chi connectivity index (χ1v) is 6.19. The minimum absolute atomic E-state index is 0.703. The Labute approximate surface area is 111 Å². The predicted molar refractivity (Wildman–Crippen MR) is 74.8 cm³/mol. The lowest BCUT2D eigenvalue weighted by molar-refractivity contribution is 0.221. The van der Waals surface area contributed by atoms with Crippen molar-refractivity contribution < 1.29 is 5.11 Å². The molecule has 3 nitrogen and oxygen atoms in total. The van der Waals surface area contributed by atoms with Gasteiger partial charge in [-0.2, -0.15) is 0 Å². The van der Waals surface area contributed by atoms with Crippen LogP contribution in [-0.2, 0) is 0 Å². The van der Waals surface area contributed by atoms with E-state index in [1.807, 2.05) is 43.3 Å². The molecular formula is C16H14N2O. The van der Waals surface area contributed by atoms with E-state index in [1.165, 1.54) is 0 Å². The smallest absolute Gasteiger partial charge is 0.108 e. The normalized spacial score (nSPS) is 12.5. The molecule has 2 heterocycles. The van der Waals surface area contributed by atoms with Gasteiger partial charge in [-0.1, -0.05) is 30.3 Å². The van der Waals surface area contributed by atoms with E-state index in [9.17, 15) is 5.11 Å². The third kappa shape index (κ3) is 2.20. The summed E-state index contributed by atoms with van der Waals surface area (Å²) in [4.78, 5) is 8.50. The van der Waals surface area contributed by atoms with Crippen LogP contribution in [0.2, 0.25) is 0 Å². The molecule has 1 atom stereocenters. The summed E-state index contributed by atoms with van der Waals surface area (Å²) in [5.41, 5.74) is 3.47. The van der Waals surface area contributed by atoms with E-state index >= 15 is 0 Å². The third-order valence-corrected chi connectivity index (χ3v) is 3.17. The number of hydrogen-bond donors (Lipinski definition) is 1. The van der Waals surface area contributed by atoms with Crippen LogP contribution >= 0.6 is 0 Å². The molecule has 0 aliphatic rings. The van der Waals surface area contributed by atoms with Gasteiger partial charge in [0.05, 0.1) is 5.52 Å². The fraction of sp³-hybridized carbons (Fsp3) is 0.125. The number of hydrogen-bond acceptors (Lipinski definition) is 3. The van der Waals surface area contributed by atoms with Gasteiger partial charge in [-0.15, -0.1) is 0 Å². The highest BCUT2D eigenvalue weighted by molar-refractivity contribution is 5.82. The van der Waals surface area contributed by atoms with Gasteiger partial charge >= 0.3 is 0 Å². The number of para-hydroxylation sites is 1. The Bertz CT molecular complexity index is 719. The van der Waals surface area contributed by atoms with Crippen LogP contribution in [0.25, 0.3) is 10.9 Å². The second kappa shape index (κ2) is 4.78. The standard InChI is InChI=1S/C16H14N2O/c1-11-8-13(10-17-9-11)16(19)14-6-2-4-12-5-3-7-18-15(12)14/h2-10,16,19H,1H3. The molecule has 94 valence electrons. The minimum atomic E-state index is -0.703. The summed E-state index contributed by atoms with van der Waals surface area (Å²) in [6, 6.07) is 11.7. The zero-order valence-electron chi connectivity index (χ0n) is 10.6. The number of rotatable bonds is 2. The summed E-state index contributed by atoms with van der Waals surface area (Å²) in [6.07, 6.45) is 4.51. The molecule has 3 aromatic rings. The summed E-state index contributed by atoms with van der Waals surface area (Å²) in [5, 5.41) is 11.6. The molecule has 1 unspecified atom stereocenters. The molecule has 0 amide bonds. The van der Waals surface area contributed by atoms with Crippen LogP contribution in [0.15, 0.2) is 55.0 Å². The topological polar surface area (TPSA) is 46.0 Å². The Hall–Kier alpha value is -2.26. The maximum absolute atomic E-state index is 10.5. The second-order valence-electron chi connectivity index (χ2n) is 4.62. The van der Waals surface area contributed by atoms with Crippen molar-refractivity contribution in [3.63, 3.8) is 0 Å². The van der Waals surface area contributed by atoms with Crippen molar-refractivity contribution in [3.8, 4) is 0 Å². The van der Waals surface area contributed by atoms with E-state index in [4.69, 9.17) is 0 Å². The van der Waals surface area contributed by atoms with Crippen LogP contribution in [0.3, 0.4) is 0 Å². The predicted octanol–water partition coefficient (Wildman–Crippen LogP) is 3.02. The molecule has 0 aliphatic carbocycles. The van der Waals surface area contributed by atoms with Gasteiger partial charge in [0.1, 0.15) is 6.10 Å². The average molecular weight is 250 g/mol. The molecule has 1 N–H and O–H groups in total. The zero-order chi connectivity index (χ0) is 13.2. The first kappa shape index (κ1) is 11.8. The highest BCUT2D eigenvalue weighted by Crippen LogP contribution is 2.27. The molecule has 2 aromatic heterocycles. The Kier molecular flexibility index (Phi) is 2.97. The van der Waals surface area contributed by atoms with Crippen LogP contribution in [-0.4, -0.2) is 15.1 Å². The molecule has 0 radical (unpaired) electrons. The van der Waals surface area contributed by atoms with Crippen LogP contribution in [0.4, 0.5) is 0 Å². The van der Waals surface area contributed by atoms with E-state index in [0.29, 0.717) is 0 Å². The number of nitrogens with zero attached hydrogens (tertiary/aromatic N) is 2. The third-order valence-electron chi connectivity index (χ3n) is 3.17. The summed E-state index contributed by atoms with van der Waals surface area (Å²) in [5.74, 6) is 0. The molecule has 0 fully saturated rings. The monoisotopic (exact) mass is 250 g/mol. The number of benzene rings is 1. The van der Waals surface area contributed by atoms with Crippen molar-refractivity contribution >= 4 is 10.9 Å². The fourth-order valence-corrected chi connectivity index (χ4v) is 2.26. The summed E-state index contributed by atoms with van der Waals surface area (Å²) in [7, 11) is 0. The summed E-state index contributed by atoms with van der Waals surface area (Å²) >= 11 is 0. The Balaban J connectivity index is 2.14. The van der Waals surface area contributed by atoms with Gasteiger partial charge < -0.3 is 5.11 Å². The largest absolute Gasteiger partial charge is 0.384 e. The first-order valence-electron chi connectivity index (χ1n) is 6.19. The van der Waals surface area contributed by atoms with Crippen LogP contribution in [0.1, 0.15) is 22.8 Å². The van der Waals surface area contributed by atoms with Crippen molar-refractivity contribution in [1.82, 2.24) is 9.97 Å². The number of aryl methyl sites for hydroxylation is 1. The number of aliphatic hydroxyl groups excluding tert-OH is 1. The number of aromatic nitrogens is 2. The molecule has 0 saturated heterocycles. The second-order valence-corrected chi connectivity index (χ2v) is 4.62. The molecule has 0 saturated carbocycles. The maximum atomic E-state index is 10.5. The van der Waals surface area contributed by atoms with Gasteiger partial charge in [0.25, 0.3) is 0 Å². The van der Waals surface area contributed by atoms with E-state index in [2.05, 4.69) is 9.97 Å². The number of aliphatic hydroxyl groups is 1. The lowest BCUT2D eigenvalue weighted by atomic mass is 9.99. The maximum Gasteiger partial charge on any atom is 0.108 e. The molecule has 19 heavy (non-hydrogen) atoms. The van der Waals surface area contributed by atoms with E-state index in [1.54, 1.807) is 18.6 Å². The van der Waals surface area contributed by atoms with Crippen molar-refractivity contribution in [3.05, 3.63) is 71.7 Å². The van der Waals surface area contributed by atoms with Gasteiger partial charge in [-0.3, -0.25) is 9.97 Å². The molecule has 0 bridgehead atoms. The lowest BCUT2D eigenvalue weighted by Gasteiger charge is -2.13. The molecule has 3 heteroatoms. The van der Waals surface area contributed by atoms with Gasteiger partial charge in [-0.25, -0.2) is 0 Å². The molecule has 1 aromatic carbocycles. The molecule has 0 aliphatic heterocycles. The van der Waals surface area contributed by atoms with Crippen molar-refractivity contribution in [2.45, 2.75) is 13.0 Å². The number of pyridine rings is 2. The van der Waals surface area contributed by atoms with E-state index in [0.717, 1.165) is 27.6 Å². The van der Waals surface area contributed by atoms with E-state index in [-0.39, 0.29) is 0 Å². The van der Waals surface area contributed by atoms with Gasteiger partial charge in [0, 0.05) is 35.1 Å². The Morgan fingerprint density at radius 2 is 1.95 bits per heavy atom. The Morgan fingerprint density at radius 3 is 2.79 bits per heavy atom. The molecule has 0 spiro atoms. The number of fused-ring (bicyclic) bond motifs is 1.